The third-order valence-corrected chi connectivity index (χ3v) is 7.55. The van der Waals surface area contributed by atoms with Gasteiger partial charge >= 0.3 is 0 Å². The zero-order chi connectivity index (χ0) is 24.8. The number of aromatic nitrogens is 3. The van der Waals surface area contributed by atoms with Gasteiger partial charge in [-0.1, -0.05) is 36.8 Å². The number of piperidine rings is 1. The summed E-state index contributed by atoms with van der Waals surface area (Å²) >= 11 is 1.45. The van der Waals surface area contributed by atoms with Gasteiger partial charge in [-0.05, 0) is 57.2 Å². The zero-order valence-corrected chi connectivity index (χ0v) is 21.8. The van der Waals surface area contributed by atoms with Gasteiger partial charge in [-0.3, -0.25) is 9.59 Å². The van der Waals surface area contributed by atoms with Crippen molar-refractivity contribution in [3.05, 3.63) is 51.9 Å². The molecular formula is C26H36N6O2S. The number of amides is 1. The summed E-state index contributed by atoms with van der Waals surface area (Å²) in [6.45, 7) is 10.4. The number of carbonyl (C=O) groups is 1. The molecule has 0 bridgehead atoms. The van der Waals surface area contributed by atoms with Crippen LogP contribution in [-0.2, 0) is 11.2 Å². The van der Waals surface area contributed by atoms with Crippen LogP contribution in [0.15, 0.2) is 35.1 Å². The van der Waals surface area contributed by atoms with Crippen LogP contribution in [0.4, 0.5) is 10.8 Å². The van der Waals surface area contributed by atoms with Gasteiger partial charge in [-0.25, -0.2) is 4.98 Å². The summed E-state index contributed by atoms with van der Waals surface area (Å²) in [5, 5.41) is 8.45. The fourth-order valence-electron chi connectivity index (χ4n) is 4.61. The van der Waals surface area contributed by atoms with Crippen molar-refractivity contribution in [1.82, 2.24) is 19.9 Å². The van der Waals surface area contributed by atoms with Gasteiger partial charge in [0.05, 0.1) is 0 Å². The molecule has 1 aliphatic heterocycles. The number of carbonyl (C=O) groups excluding carboxylic acids is 1. The molecule has 1 fully saturated rings. The Morgan fingerprint density at radius 3 is 2.74 bits per heavy atom. The Hall–Kier alpha value is -2.94. The maximum absolute atomic E-state index is 12.7. The first kappa shape index (κ1) is 25.2. The van der Waals surface area contributed by atoms with Gasteiger partial charge < -0.3 is 15.1 Å². The second-order valence-electron chi connectivity index (χ2n) is 9.24. The number of hydrogen-bond donors (Lipinski definition) is 1. The van der Waals surface area contributed by atoms with Gasteiger partial charge in [0.15, 0.2) is 0 Å². The zero-order valence-electron chi connectivity index (χ0n) is 21.0. The third kappa shape index (κ3) is 6.20. The summed E-state index contributed by atoms with van der Waals surface area (Å²) in [6, 6.07) is 10.1. The van der Waals surface area contributed by atoms with Crippen molar-refractivity contribution >= 4 is 33.0 Å². The lowest BCUT2D eigenvalue weighted by atomic mass is 9.96. The Balaban J connectivity index is 1.24. The van der Waals surface area contributed by atoms with Gasteiger partial charge in [-0.2, -0.15) is 4.52 Å². The highest BCUT2D eigenvalue weighted by molar-refractivity contribution is 7.20. The SMILES string of the molecule is CCCc1cc(=O)n2nc(N3CCC(C(=O)NCCCN(CC)c4cccc(C)c4)CC3)sc2n1. The van der Waals surface area contributed by atoms with Gasteiger partial charge in [0.1, 0.15) is 0 Å². The van der Waals surface area contributed by atoms with E-state index in [1.165, 1.54) is 27.1 Å². The van der Waals surface area contributed by atoms with E-state index in [9.17, 15) is 9.59 Å². The van der Waals surface area contributed by atoms with Gasteiger partial charge in [0.25, 0.3) is 5.56 Å². The monoisotopic (exact) mass is 496 g/mol. The van der Waals surface area contributed by atoms with Crippen LogP contribution in [0.2, 0.25) is 0 Å². The lowest BCUT2D eigenvalue weighted by Crippen LogP contribution is -2.41. The fraction of sp³-hybridized carbons (Fsp3) is 0.538. The minimum atomic E-state index is -0.126. The van der Waals surface area contributed by atoms with Crippen molar-refractivity contribution in [3.8, 4) is 0 Å². The molecule has 3 heterocycles. The first-order valence-electron chi connectivity index (χ1n) is 12.7. The lowest BCUT2D eigenvalue weighted by Gasteiger charge is -2.30. The predicted molar refractivity (Wildman–Crippen MR) is 143 cm³/mol. The van der Waals surface area contributed by atoms with E-state index in [2.05, 4.69) is 70.2 Å². The van der Waals surface area contributed by atoms with E-state index in [0.29, 0.717) is 11.5 Å². The average Bonchev–Trinajstić information content (AvgIpc) is 3.29. The summed E-state index contributed by atoms with van der Waals surface area (Å²) < 4.78 is 1.40. The van der Waals surface area contributed by atoms with Crippen LogP contribution in [0.1, 0.15) is 50.8 Å². The smallest absolute Gasteiger partial charge is 0.275 e. The largest absolute Gasteiger partial charge is 0.372 e. The Bertz CT molecular complexity index is 1200. The first-order chi connectivity index (χ1) is 17.0. The van der Waals surface area contributed by atoms with E-state index in [1.807, 2.05) is 0 Å². The van der Waals surface area contributed by atoms with Crippen molar-refractivity contribution in [2.24, 2.45) is 5.92 Å². The molecule has 2 aromatic heterocycles. The summed E-state index contributed by atoms with van der Waals surface area (Å²) in [5.74, 6) is 0.173. The number of hydrogen-bond acceptors (Lipinski definition) is 7. The first-order valence-corrected chi connectivity index (χ1v) is 13.5. The van der Waals surface area contributed by atoms with E-state index in [1.54, 1.807) is 6.07 Å². The van der Waals surface area contributed by atoms with E-state index in [0.717, 1.165) is 69.1 Å². The second-order valence-corrected chi connectivity index (χ2v) is 10.2. The van der Waals surface area contributed by atoms with Crippen LogP contribution in [-0.4, -0.2) is 53.2 Å². The van der Waals surface area contributed by atoms with Gasteiger partial charge in [-0.15, -0.1) is 5.10 Å². The Kier molecular flexibility index (Phi) is 8.38. The Morgan fingerprint density at radius 1 is 1.23 bits per heavy atom. The number of anilines is 2. The number of nitrogens with zero attached hydrogens (tertiary/aromatic N) is 5. The van der Waals surface area contributed by atoms with Crippen molar-refractivity contribution in [2.45, 2.75) is 52.9 Å². The molecule has 0 spiro atoms. The van der Waals surface area contributed by atoms with Gasteiger partial charge in [0.2, 0.25) is 16.0 Å². The lowest BCUT2D eigenvalue weighted by molar-refractivity contribution is -0.125. The quantitative estimate of drug-likeness (QED) is 0.432. The molecule has 0 radical (unpaired) electrons. The number of nitrogens with one attached hydrogen (secondary N) is 1. The molecule has 0 unspecified atom stereocenters. The molecule has 4 rings (SSSR count). The Morgan fingerprint density at radius 2 is 2.03 bits per heavy atom. The molecule has 9 heteroatoms. The van der Waals surface area contributed by atoms with Crippen molar-refractivity contribution in [2.75, 3.05) is 42.5 Å². The normalized spacial score (nSPS) is 14.4. The topological polar surface area (TPSA) is 82.8 Å². The standard InChI is InChI=1S/C26H36N6O2S/c1-4-8-21-18-23(33)32-25(28-21)35-26(29-32)31-15-11-20(12-16-31)24(34)27-13-7-14-30(5-2)22-10-6-9-19(3)17-22/h6,9-10,17-18,20H,4-5,7-8,11-16H2,1-3H3,(H,27,34). The van der Waals surface area contributed by atoms with Crippen LogP contribution in [0.3, 0.4) is 0 Å². The molecule has 1 amide bonds. The molecule has 1 N–H and O–H groups in total. The maximum atomic E-state index is 12.7. The maximum Gasteiger partial charge on any atom is 0.275 e. The van der Waals surface area contributed by atoms with Crippen LogP contribution < -0.4 is 20.7 Å². The van der Waals surface area contributed by atoms with Crippen LogP contribution >= 0.6 is 11.3 Å². The molecule has 3 aromatic rings. The van der Waals surface area contributed by atoms with Crippen molar-refractivity contribution < 1.29 is 4.79 Å². The highest BCUT2D eigenvalue weighted by Gasteiger charge is 2.26. The van der Waals surface area contributed by atoms with E-state index >= 15 is 0 Å². The number of rotatable bonds is 10. The van der Waals surface area contributed by atoms with Crippen LogP contribution in [0.25, 0.3) is 4.96 Å². The third-order valence-electron chi connectivity index (χ3n) is 6.58. The second kappa shape index (κ2) is 11.7. The minimum Gasteiger partial charge on any atom is -0.372 e. The number of aryl methyl sites for hydroxylation is 2. The number of benzene rings is 1. The van der Waals surface area contributed by atoms with Crippen molar-refractivity contribution in [1.29, 1.82) is 0 Å². The van der Waals surface area contributed by atoms with Crippen LogP contribution in [0, 0.1) is 12.8 Å². The summed E-state index contributed by atoms with van der Waals surface area (Å²) in [6.07, 6.45) is 4.24. The molecule has 8 nitrogen and oxygen atoms in total. The van der Waals surface area contributed by atoms with E-state index in [4.69, 9.17) is 0 Å². The Labute approximate surface area is 211 Å². The summed E-state index contributed by atoms with van der Waals surface area (Å²) in [4.78, 5) is 34.9. The summed E-state index contributed by atoms with van der Waals surface area (Å²) in [5.41, 5.74) is 3.19. The number of fused-ring (bicyclic) bond motifs is 1. The summed E-state index contributed by atoms with van der Waals surface area (Å²) in [7, 11) is 0. The van der Waals surface area contributed by atoms with E-state index < -0.39 is 0 Å². The molecular weight excluding hydrogens is 460 g/mol. The van der Waals surface area contributed by atoms with E-state index in [-0.39, 0.29) is 17.4 Å². The highest BCUT2D eigenvalue weighted by atomic mass is 32.1. The molecule has 1 aliphatic rings. The van der Waals surface area contributed by atoms with Crippen LogP contribution in [0.5, 0.6) is 0 Å². The molecule has 1 saturated heterocycles. The predicted octanol–water partition coefficient (Wildman–Crippen LogP) is 3.66. The molecule has 0 atom stereocenters. The minimum absolute atomic E-state index is 0.0247. The average molecular weight is 497 g/mol. The molecule has 0 saturated carbocycles. The molecule has 0 aliphatic carbocycles. The van der Waals surface area contributed by atoms with Crippen molar-refractivity contribution in [3.63, 3.8) is 0 Å². The molecule has 1 aromatic carbocycles. The van der Waals surface area contributed by atoms with Gasteiger partial charge in [0, 0.05) is 56.1 Å². The highest BCUT2D eigenvalue weighted by Crippen LogP contribution is 2.27. The fourth-order valence-corrected chi connectivity index (χ4v) is 5.59. The molecule has 188 valence electrons. The molecule has 35 heavy (non-hydrogen) atoms.